The van der Waals surface area contributed by atoms with Crippen molar-refractivity contribution in [3.05, 3.63) is 29.3 Å². The fourth-order valence-corrected chi connectivity index (χ4v) is 2.16. The highest BCUT2D eigenvalue weighted by Gasteiger charge is 2.18. The van der Waals surface area contributed by atoms with Gasteiger partial charge in [0.05, 0.1) is 18.2 Å². The molecule has 0 aliphatic carbocycles. The van der Waals surface area contributed by atoms with Crippen LogP contribution in [0.25, 0.3) is 0 Å². The second-order valence-electron chi connectivity index (χ2n) is 6.55. The van der Waals surface area contributed by atoms with Crippen LogP contribution in [-0.2, 0) is 11.2 Å². The summed E-state index contributed by atoms with van der Waals surface area (Å²) in [4.78, 5) is 11.8. The van der Waals surface area contributed by atoms with Gasteiger partial charge in [-0.25, -0.2) is 4.79 Å². The molecule has 0 aromatic heterocycles. The molecule has 0 radical (unpaired) electrons. The molecule has 24 heavy (non-hydrogen) atoms. The Labute approximate surface area is 143 Å². The Bertz CT molecular complexity index is 588. The van der Waals surface area contributed by atoms with Gasteiger partial charge in [0.25, 0.3) is 0 Å². The summed E-state index contributed by atoms with van der Waals surface area (Å²) in [5.41, 5.74) is 0.781. The topological polar surface area (TPSA) is 91.6 Å². The van der Waals surface area contributed by atoms with E-state index in [2.05, 4.69) is 11.4 Å². The zero-order chi connectivity index (χ0) is 18.2. The maximum Gasteiger partial charge on any atom is 0.407 e. The predicted molar refractivity (Wildman–Crippen MR) is 90.9 cm³/mol. The van der Waals surface area contributed by atoms with Crippen molar-refractivity contribution < 1.29 is 19.4 Å². The quantitative estimate of drug-likeness (QED) is 0.800. The summed E-state index contributed by atoms with van der Waals surface area (Å²) in [6.07, 6.45) is 0.745. The minimum absolute atomic E-state index is 0.0905. The Morgan fingerprint density at radius 3 is 2.71 bits per heavy atom. The molecule has 0 saturated carbocycles. The Kier molecular flexibility index (Phi) is 7.53. The van der Waals surface area contributed by atoms with Crippen LogP contribution in [0.3, 0.4) is 0 Å². The van der Waals surface area contributed by atoms with E-state index in [0.29, 0.717) is 24.2 Å². The second-order valence-corrected chi connectivity index (χ2v) is 6.55. The summed E-state index contributed by atoms with van der Waals surface area (Å²) >= 11 is 0. The van der Waals surface area contributed by atoms with Crippen LogP contribution in [-0.4, -0.2) is 36.1 Å². The van der Waals surface area contributed by atoms with E-state index >= 15 is 0 Å². The number of nitriles is 1. The number of benzene rings is 1. The first-order valence-electron chi connectivity index (χ1n) is 8.02. The molecule has 1 aromatic rings. The van der Waals surface area contributed by atoms with Gasteiger partial charge in [-0.2, -0.15) is 5.26 Å². The standard InChI is InChI=1S/C18H26N2O4/c1-13(20-17(22)24-18(2,3)4)8-9-15-14(12-19)6-5-7-16(15)23-11-10-21/h5-7,13,21H,8-11H2,1-4H3,(H,20,22)/t13-/m0/s1. The SMILES string of the molecule is C[C@@H](CCc1c(C#N)cccc1OCCO)NC(=O)OC(C)(C)C. The highest BCUT2D eigenvalue weighted by Crippen LogP contribution is 2.24. The lowest BCUT2D eigenvalue weighted by Crippen LogP contribution is -2.37. The molecule has 1 rings (SSSR count). The number of alkyl carbamates (subject to hydrolysis) is 1. The molecule has 0 saturated heterocycles. The van der Waals surface area contributed by atoms with Crippen molar-refractivity contribution >= 4 is 6.09 Å². The van der Waals surface area contributed by atoms with Gasteiger partial charge in [0.2, 0.25) is 0 Å². The molecule has 0 heterocycles. The van der Waals surface area contributed by atoms with Crippen molar-refractivity contribution in [3.8, 4) is 11.8 Å². The predicted octanol–water partition coefficient (Wildman–Crippen LogP) is 2.78. The first kappa shape index (κ1) is 19.8. The lowest BCUT2D eigenvalue weighted by Gasteiger charge is -2.22. The Morgan fingerprint density at radius 2 is 2.12 bits per heavy atom. The number of carbonyl (C=O) groups excluding carboxylic acids is 1. The number of aliphatic hydroxyl groups excluding tert-OH is 1. The highest BCUT2D eigenvalue weighted by atomic mass is 16.6. The molecule has 132 valence electrons. The van der Waals surface area contributed by atoms with Crippen LogP contribution in [0.4, 0.5) is 4.79 Å². The van der Waals surface area contributed by atoms with Crippen LogP contribution in [0.15, 0.2) is 18.2 Å². The minimum Gasteiger partial charge on any atom is -0.491 e. The number of carbonyl (C=O) groups is 1. The highest BCUT2D eigenvalue weighted by molar-refractivity contribution is 5.68. The van der Waals surface area contributed by atoms with Gasteiger partial charge in [-0.05, 0) is 52.7 Å². The van der Waals surface area contributed by atoms with Gasteiger partial charge in [-0.15, -0.1) is 0 Å². The maximum atomic E-state index is 11.8. The van der Waals surface area contributed by atoms with Gasteiger partial charge < -0.3 is 19.9 Å². The van der Waals surface area contributed by atoms with Crippen LogP contribution in [0.1, 0.15) is 45.2 Å². The second kappa shape index (κ2) is 9.14. The zero-order valence-corrected chi connectivity index (χ0v) is 14.8. The van der Waals surface area contributed by atoms with Crippen LogP contribution < -0.4 is 10.1 Å². The third-order valence-corrected chi connectivity index (χ3v) is 3.19. The average molecular weight is 334 g/mol. The van der Waals surface area contributed by atoms with Gasteiger partial charge in [0.15, 0.2) is 0 Å². The first-order chi connectivity index (χ1) is 11.3. The summed E-state index contributed by atoms with van der Waals surface area (Å²) in [6, 6.07) is 7.29. The summed E-state index contributed by atoms with van der Waals surface area (Å²) in [5, 5.41) is 20.9. The summed E-state index contributed by atoms with van der Waals surface area (Å²) < 4.78 is 10.7. The molecule has 0 bridgehead atoms. The largest absolute Gasteiger partial charge is 0.491 e. The lowest BCUT2D eigenvalue weighted by molar-refractivity contribution is 0.0506. The number of nitrogens with zero attached hydrogens (tertiary/aromatic N) is 1. The van der Waals surface area contributed by atoms with Crippen LogP contribution >= 0.6 is 0 Å². The third kappa shape index (κ3) is 6.88. The van der Waals surface area contributed by atoms with Crippen molar-refractivity contribution in [1.82, 2.24) is 5.32 Å². The maximum absolute atomic E-state index is 11.8. The molecule has 6 nitrogen and oxygen atoms in total. The summed E-state index contributed by atoms with van der Waals surface area (Å²) in [7, 11) is 0. The number of hydrogen-bond acceptors (Lipinski definition) is 5. The molecule has 0 spiro atoms. The van der Waals surface area contributed by atoms with E-state index in [-0.39, 0.29) is 19.3 Å². The minimum atomic E-state index is -0.539. The first-order valence-corrected chi connectivity index (χ1v) is 8.02. The molecular weight excluding hydrogens is 308 g/mol. The fourth-order valence-electron chi connectivity index (χ4n) is 2.16. The normalized spacial score (nSPS) is 12.2. The van der Waals surface area contributed by atoms with Gasteiger partial charge in [0.1, 0.15) is 18.0 Å². The Hall–Kier alpha value is -2.26. The molecule has 1 amide bonds. The molecule has 0 fully saturated rings. The van der Waals surface area contributed by atoms with Crippen LogP contribution in [0, 0.1) is 11.3 Å². The molecule has 0 unspecified atom stereocenters. The van der Waals surface area contributed by atoms with Crippen molar-refractivity contribution in [2.45, 2.75) is 52.2 Å². The van der Waals surface area contributed by atoms with Crippen molar-refractivity contribution in [1.29, 1.82) is 5.26 Å². The molecule has 0 aliphatic rings. The van der Waals surface area contributed by atoms with Crippen LogP contribution in [0.5, 0.6) is 5.75 Å². The fraction of sp³-hybridized carbons (Fsp3) is 0.556. The van der Waals surface area contributed by atoms with E-state index < -0.39 is 11.7 Å². The lowest BCUT2D eigenvalue weighted by atomic mass is 10.00. The van der Waals surface area contributed by atoms with Gasteiger partial charge in [-0.3, -0.25) is 0 Å². The number of amides is 1. The van der Waals surface area contributed by atoms with Crippen molar-refractivity contribution in [2.24, 2.45) is 0 Å². The van der Waals surface area contributed by atoms with Crippen molar-refractivity contribution in [3.63, 3.8) is 0 Å². The zero-order valence-electron chi connectivity index (χ0n) is 14.8. The molecule has 6 heteroatoms. The molecule has 2 N–H and O–H groups in total. The molecule has 0 aliphatic heterocycles. The summed E-state index contributed by atoms with van der Waals surface area (Å²) in [6.45, 7) is 7.40. The monoisotopic (exact) mass is 334 g/mol. The number of hydrogen-bond donors (Lipinski definition) is 2. The molecule has 1 atom stereocenters. The van der Waals surface area contributed by atoms with E-state index in [1.165, 1.54) is 0 Å². The van der Waals surface area contributed by atoms with Crippen LogP contribution in [0.2, 0.25) is 0 Å². The van der Waals surface area contributed by atoms with E-state index in [4.69, 9.17) is 14.6 Å². The smallest absolute Gasteiger partial charge is 0.407 e. The Balaban J connectivity index is 2.69. The Morgan fingerprint density at radius 1 is 1.42 bits per heavy atom. The summed E-state index contributed by atoms with van der Waals surface area (Å²) in [5.74, 6) is 0.590. The average Bonchev–Trinajstić information content (AvgIpc) is 2.48. The van der Waals surface area contributed by atoms with Crippen molar-refractivity contribution in [2.75, 3.05) is 13.2 Å². The number of ether oxygens (including phenoxy) is 2. The van der Waals surface area contributed by atoms with E-state index in [0.717, 1.165) is 5.56 Å². The van der Waals surface area contributed by atoms with E-state index in [1.807, 2.05) is 27.7 Å². The number of nitrogens with one attached hydrogen (secondary N) is 1. The van der Waals surface area contributed by atoms with Gasteiger partial charge >= 0.3 is 6.09 Å². The van der Waals surface area contributed by atoms with E-state index in [1.54, 1.807) is 18.2 Å². The van der Waals surface area contributed by atoms with Gasteiger partial charge in [-0.1, -0.05) is 6.07 Å². The number of rotatable bonds is 7. The molecular formula is C18H26N2O4. The molecule has 1 aromatic carbocycles. The third-order valence-electron chi connectivity index (χ3n) is 3.19. The van der Waals surface area contributed by atoms with E-state index in [9.17, 15) is 10.1 Å². The number of aliphatic hydroxyl groups is 1. The van der Waals surface area contributed by atoms with Gasteiger partial charge in [0, 0.05) is 11.6 Å².